The van der Waals surface area contributed by atoms with Crippen LogP contribution in [0.25, 0.3) is 16.7 Å². The molecule has 0 saturated carbocycles. The van der Waals surface area contributed by atoms with E-state index in [1.165, 1.54) is 11.8 Å². The predicted octanol–water partition coefficient (Wildman–Crippen LogP) is 3.85. The highest BCUT2D eigenvalue weighted by atomic mass is 32.2. The fraction of sp³-hybridized carbons (Fsp3) is 0.167. The van der Waals surface area contributed by atoms with Gasteiger partial charge in [0.05, 0.1) is 22.7 Å². The summed E-state index contributed by atoms with van der Waals surface area (Å²) < 4.78 is 1.94. The summed E-state index contributed by atoms with van der Waals surface area (Å²) in [7, 11) is 0. The Balaban J connectivity index is 2.14. The highest BCUT2D eigenvalue weighted by Gasteiger charge is 2.21. The number of fused-ring (bicyclic) bond motifs is 1. The molecule has 0 aliphatic carbocycles. The van der Waals surface area contributed by atoms with Crippen LogP contribution in [0.3, 0.4) is 0 Å². The molecule has 0 aliphatic rings. The van der Waals surface area contributed by atoms with Gasteiger partial charge in [-0.05, 0) is 42.8 Å². The molecule has 24 heavy (non-hydrogen) atoms. The number of para-hydroxylation sites is 2. The van der Waals surface area contributed by atoms with Gasteiger partial charge in [-0.2, -0.15) is 5.26 Å². The molecule has 5 nitrogen and oxygen atoms in total. The minimum atomic E-state index is -0.846. The van der Waals surface area contributed by atoms with Crippen LogP contribution >= 0.6 is 11.8 Å². The number of rotatable bonds is 5. The number of aliphatic carboxylic acids is 1. The van der Waals surface area contributed by atoms with Crippen LogP contribution in [-0.4, -0.2) is 25.9 Å². The van der Waals surface area contributed by atoms with Crippen molar-refractivity contribution in [3.8, 4) is 11.8 Å². The molecule has 0 aliphatic heterocycles. The molecular weight excluding hydrogens is 322 g/mol. The van der Waals surface area contributed by atoms with Crippen LogP contribution in [0.4, 0.5) is 0 Å². The predicted molar refractivity (Wildman–Crippen MR) is 93.4 cm³/mol. The topological polar surface area (TPSA) is 78.9 Å². The fourth-order valence-corrected chi connectivity index (χ4v) is 3.44. The summed E-state index contributed by atoms with van der Waals surface area (Å²) in [5, 5.41) is 18.4. The average molecular weight is 337 g/mol. The molecule has 2 aromatic carbocycles. The first-order valence-corrected chi connectivity index (χ1v) is 8.39. The third-order valence-corrected chi connectivity index (χ3v) is 4.98. The summed E-state index contributed by atoms with van der Waals surface area (Å²) in [6, 6.07) is 17.0. The number of carboxylic acid groups (broad SMARTS) is 1. The summed E-state index contributed by atoms with van der Waals surface area (Å²) in [6.45, 7) is 1.85. The van der Waals surface area contributed by atoms with Crippen LogP contribution in [0.1, 0.15) is 18.9 Å². The van der Waals surface area contributed by atoms with Gasteiger partial charge in [-0.15, -0.1) is 0 Å². The molecule has 0 amide bonds. The molecule has 6 heteroatoms. The lowest BCUT2D eigenvalue weighted by molar-refractivity contribution is -0.136. The van der Waals surface area contributed by atoms with Gasteiger partial charge < -0.3 is 5.11 Å². The van der Waals surface area contributed by atoms with E-state index in [-0.39, 0.29) is 0 Å². The normalized spacial score (nSPS) is 12.0. The second-order valence-electron chi connectivity index (χ2n) is 5.23. The first-order chi connectivity index (χ1) is 11.6. The molecule has 120 valence electrons. The number of hydrogen-bond donors (Lipinski definition) is 1. The van der Waals surface area contributed by atoms with Crippen molar-refractivity contribution in [2.45, 2.75) is 23.8 Å². The van der Waals surface area contributed by atoms with Gasteiger partial charge in [-0.1, -0.05) is 30.8 Å². The maximum Gasteiger partial charge on any atom is 0.317 e. The Kier molecular flexibility index (Phi) is 4.54. The molecule has 0 bridgehead atoms. The van der Waals surface area contributed by atoms with Crippen molar-refractivity contribution in [3.63, 3.8) is 0 Å². The summed E-state index contributed by atoms with van der Waals surface area (Å²) in [6.07, 6.45) is 0.510. The van der Waals surface area contributed by atoms with Crippen molar-refractivity contribution in [2.24, 2.45) is 0 Å². The summed E-state index contributed by atoms with van der Waals surface area (Å²) in [4.78, 5) is 16.0. The SMILES string of the molecule is CCC(Sc1nc2ccccc2n1-c1ccc(C#N)cc1)C(=O)O. The third-order valence-electron chi connectivity index (χ3n) is 3.68. The molecule has 0 radical (unpaired) electrons. The van der Waals surface area contributed by atoms with Gasteiger partial charge in [-0.25, -0.2) is 4.98 Å². The lowest BCUT2D eigenvalue weighted by Gasteiger charge is -2.12. The molecule has 3 rings (SSSR count). The molecule has 3 aromatic rings. The largest absolute Gasteiger partial charge is 0.480 e. The van der Waals surface area contributed by atoms with E-state index in [9.17, 15) is 9.90 Å². The fourth-order valence-electron chi connectivity index (χ4n) is 2.45. The lowest BCUT2D eigenvalue weighted by atomic mass is 10.2. The third kappa shape index (κ3) is 2.99. The van der Waals surface area contributed by atoms with Gasteiger partial charge in [0.2, 0.25) is 0 Å². The Morgan fingerprint density at radius 2 is 2.00 bits per heavy atom. The number of aromatic nitrogens is 2. The highest BCUT2D eigenvalue weighted by molar-refractivity contribution is 8.00. The number of nitrogens with zero attached hydrogens (tertiary/aromatic N) is 3. The molecule has 1 aromatic heterocycles. The van der Waals surface area contributed by atoms with E-state index in [1.54, 1.807) is 12.1 Å². The number of thioether (sulfide) groups is 1. The van der Waals surface area contributed by atoms with Crippen LogP contribution in [0, 0.1) is 11.3 Å². The van der Waals surface area contributed by atoms with Crippen molar-refractivity contribution < 1.29 is 9.90 Å². The Labute approximate surface area is 143 Å². The summed E-state index contributed by atoms with van der Waals surface area (Å²) in [5.41, 5.74) is 3.15. The number of hydrogen-bond acceptors (Lipinski definition) is 4. The van der Waals surface area contributed by atoms with E-state index < -0.39 is 11.2 Å². The first kappa shape index (κ1) is 16.1. The van der Waals surface area contributed by atoms with E-state index in [2.05, 4.69) is 11.1 Å². The monoisotopic (exact) mass is 337 g/mol. The number of carboxylic acids is 1. The van der Waals surface area contributed by atoms with Crippen LogP contribution in [0.15, 0.2) is 53.7 Å². The van der Waals surface area contributed by atoms with E-state index in [0.717, 1.165) is 16.7 Å². The minimum absolute atomic E-state index is 0.510. The van der Waals surface area contributed by atoms with Crippen LogP contribution < -0.4 is 0 Å². The van der Waals surface area contributed by atoms with Crippen molar-refractivity contribution >= 4 is 28.8 Å². The zero-order chi connectivity index (χ0) is 17.1. The van der Waals surface area contributed by atoms with Crippen molar-refractivity contribution in [3.05, 3.63) is 54.1 Å². The van der Waals surface area contributed by atoms with Crippen molar-refractivity contribution in [2.75, 3.05) is 0 Å². The number of imidazole rings is 1. The standard InChI is InChI=1S/C18H15N3O2S/c1-2-16(17(22)23)24-18-20-14-5-3-4-6-15(14)21(18)13-9-7-12(11-19)8-10-13/h3-10,16H,2H2,1H3,(H,22,23). The Morgan fingerprint density at radius 3 is 2.62 bits per heavy atom. The van der Waals surface area contributed by atoms with Gasteiger partial charge in [-0.3, -0.25) is 9.36 Å². The molecule has 0 spiro atoms. The zero-order valence-electron chi connectivity index (χ0n) is 13.0. The maximum atomic E-state index is 11.4. The second-order valence-corrected chi connectivity index (χ2v) is 6.40. The zero-order valence-corrected chi connectivity index (χ0v) is 13.8. The van der Waals surface area contributed by atoms with Crippen molar-refractivity contribution in [1.82, 2.24) is 9.55 Å². The summed E-state index contributed by atoms with van der Waals surface area (Å²) >= 11 is 1.24. The van der Waals surface area contributed by atoms with Gasteiger partial charge in [0, 0.05) is 5.69 Å². The quantitative estimate of drug-likeness (QED) is 0.715. The number of carbonyl (C=O) groups is 1. The maximum absolute atomic E-state index is 11.4. The van der Waals surface area contributed by atoms with E-state index >= 15 is 0 Å². The van der Waals surface area contributed by atoms with Gasteiger partial charge in [0.15, 0.2) is 5.16 Å². The molecule has 0 fully saturated rings. The number of benzene rings is 2. The smallest absolute Gasteiger partial charge is 0.317 e. The Morgan fingerprint density at radius 1 is 1.29 bits per heavy atom. The Hall–Kier alpha value is -2.78. The second kappa shape index (κ2) is 6.77. The first-order valence-electron chi connectivity index (χ1n) is 7.51. The molecule has 0 saturated heterocycles. The van der Waals surface area contributed by atoms with Gasteiger partial charge in [0.1, 0.15) is 5.25 Å². The van der Waals surface area contributed by atoms with E-state index in [0.29, 0.717) is 17.1 Å². The van der Waals surface area contributed by atoms with Crippen molar-refractivity contribution in [1.29, 1.82) is 5.26 Å². The molecular formula is C18H15N3O2S. The van der Waals surface area contributed by atoms with Gasteiger partial charge >= 0.3 is 5.97 Å². The molecule has 1 N–H and O–H groups in total. The lowest BCUT2D eigenvalue weighted by Crippen LogP contribution is -2.15. The highest BCUT2D eigenvalue weighted by Crippen LogP contribution is 2.31. The van der Waals surface area contributed by atoms with E-state index in [1.807, 2.05) is 47.9 Å². The average Bonchev–Trinajstić information content (AvgIpc) is 2.97. The molecule has 1 unspecified atom stereocenters. The van der Waals surface area contributed by atoms with E-state index in [4.69, 9.17) is 5.26 Å². The van der Waals surface area contributed by atoms with Crippen LogP contribution in [0.2, 0.25) is 0 Å². The Bertz CT molecular complexity index is 926. The minimum Gasteiger partial charge on any atom is -0.480 e. The summed E-state index contributed by atoms with van der Waals surface area (Å²) in [5.74, 6) is -0.846. The van der Waals surface area contributed by atoms with Gasteiger partial charge in [0.25, 0.3) is 0 Å². The van der Waals surface area contributed by atoms with Crippen LogP contribution in [-0.2, 0) is 4.79 Å². The molecule has 1 heterocycles. The number of nitriles is 1. The van der Waals surface area contributed by atoms with Crippen LogP contribution in [0.5, 0.6) is 0 Å². The molecule has 1 atom stereocenters.